The van der Waals surface area contributed by atoms with Gasteiger partial charge in [-0.2, -0.15) is 0 Å². The van der Waals surface area contributed by atoms with Crippen LogP contribution in [0.4, 0.5) is 14.9 Å². The molecule has 2 aromatic rings. The summed E-state index contributed by atoms with van der Waals surface area (Å²) in [6, 6.07) is 6.08. The number of alkyl halides is 1. The van der Waals surface area contributed by atoms with Crippen LogP contribution in [0.25, 0.3) is 11.3 Å². The number of aliphatic hydroxyl groups excluding tert-OH is 1. The first-order valence-corrected chi connectivity index (χ1v) is 22.6. The van der Waals surface area contributed by atoms with Gasteiger partial charge in [0.15, 0.2) is 17.7 Å². The van der Waals surface area contributed by atoms with Crippen LogP contribution >= 0.6 is 0 Å². The molecule has 0 bridgehead atoms. The minimum Gasteiger partial charge on any atom is -0.455 e. The number of halogens is 1. The molecular weight excluding hydrogens is 816 g/mol. The summed E-state index contributed by atoms with van der Waals surface area (Å²) in [7, 11) is 3.37. The number of cyclic esters (lactones) is 1. The average Bonchev–Trinajstić information content (AvgIpc) is 3.86. The van der Waals surface area contributed by atoms with Crippen LogP contribution in [-0.2, 0) is 44.6 Å². The third kappa shape index (κ3) is 10.1. The van der Waals surface area contributed by atoms with Crippen molar-refractivity contribution >= 4 is 29.3 Å². The Kier molecular flexibility index (Phi) is 14.8. The maximum atomic E-state index is 17.0. The molecule has 4 heterocycles. The second kappa shape index (κ2) is 19.2. The maximum absolute atomic E-state index is 17.0. The largest absolute Gasteiger partial charge is 0.455 e. The molecule has 0 spiro atoms. The normalized spacial score (nSPS) is 37.1. The summed E-state index contributed by atoms with van der Waals surface area (Å²) >= 11 is 0. The van der Waals surface area contributed by atoms with Crippen LogP contribution in [-0.4, -0.2) is 140 Å². The molecule has 1 aromatic heterocycles. The molecule has 3 N–H and O–H groups in total. The predicted molar refractivity (Wildman–Crippen MR) is 231 cm³/mol. The number of aryl methyl sites for hydroxylation is 1. The molecule has 13 atom stereocenters. The first-order valence-electron chi connectivity index (χ1n) is 22.6. The van der Waals surface area contributed by atoms with Crippen LogP contribution in [0.2, 0.25) is 0 Å². The SMILES string of the molecule is CC[C@H]1OC(=O)[C@@](C)(F)C(=O)[C@H](C)[C@@H](O[C@@H]2O[C@H](C)C[C@H](N(C)CC3CC3)[C@H]2O)[C@@](C)(OC)C[C@@H](C)C(=O)[C@H](C)[C@H]2N(CCCCn3cc(-c4cccc(N)c4)nn3)C(=O)O[C@]12C. The van der Waals surface area contributed by atoms with E-state index in [9.17, 15) is 24.3 Å². The van der Waals surface area contributed by atoms with Crippen molar-refractivity contribution in [3.05, 3.63) is 30.5 Å². The van der Waals surface area contributed by atoms with Gasteiger partial charge in [-0.05, 0) is 97.7 Å². The third-order valence-corrected chi connectivity index (χ3v) is 14.1. The topological polar surface area (TPSA) is 198 Å². The van der Waals surface area contributed by atoms with Crippen LogP contribution < -0.4 is 5.73 Å². The number of carbonyl (C=O) groups is 4. The number of nitrogen functional groups attached to an aromatic ring is 1. The number of anilines is 1. The Labute approximate surface area is 370 Å². The number of Topliss-reactive ketones (excluding diaryl/α,β-unsaturated/α-hetero) is 2. The highest BCUT2D eigenvalue weighted by Gasteiger charge is 2.61. The fraction of sp³-hybridized carbons (Fsp3) is 0.739. The summed E-state index contributed by atoms with van der Waals surface area (Å²) in [6.45, 7) is 14.1. The lowest BCUT2D eigenvalue weighted by Crippen LogP contribution is -2.62. The van der Waals surface area contributed by atoms with E-state index in [1.54, 1.807) is 45.4 Å². The highest BCUT2D eigenvalue weighted by molar-refractivity contribution is 6.08. The summed E-state index contributed by atoms with van der Waals surface area (Å²) in [4.78, 5) is 60.7. The summed E-state index contributed by atoms with van der Waals surface area (Å²) in [6.07, 6.45) is -0.190. The van der Waals surface area contributed by atoms with Crippen molar-refractivity contribution in [1.29, 1.82) is 0 Å². The lowest BCUT2D eigenvalue weighted by Gasteiger charge is -2.47. The van der Waals surface area contributed by atoms with E-state index in [1.165, 1.54) is 18.9 Å². The molecule has 17 heteroatoms. The Morgan fingerprint density at radius 1 is 1.05 bits per heavy atom. The van der Waals surface area contributed by atoms with E-state index in [-0.39, 0.29) is 37.3 Å². The number of carbonyl (C=O) groups excluding carboxylic acids is 4. The van der Waals surface area contributed by atoms with Crippen molar-refractivity contribution in [2.45, 2.75) is 167 Å². The van der Waals surface area contributed by atoms with Gasteiger partial charge in [-0.15, -0.1) is 5.10 Å². The molecular formula is C46H69FN6O10. The fourth-order valence-electron chi connectivity index (χ4n) is 10.3. The van der Waals surface area contributed by atoms with E-state index in [2.05, 4.69) is 15.2 Å². The molecule has 6 rings (SSSR count). The highest BCUT2D eigenvalue weighted by atomic mass is 19.1. The predicted octanol–water partition coefficient (Wildman–Crippen LogP) is 5.38. The number of fused-ring (bicyclic) bond motifs is 1. The molecule has 350 valence electrons. The Bertz CT molecular complexity index is 1960. The molecule has 1 amide bonds. The molecule has 4 aliphatic rings. The van der Waals surface area contributed by atoms with Crippen molar-refractivity contribution in [2.24, 2.45) is 23.7 Å². The van der Waals surface area contributed by atoms with Gasteiger partial charge in [0.2, 0.25) is 0 Å². The second-order valence-corrected chi connectivity index (χ2v) is 19.2. The van der Waals surface area contributed by atoms with Crippen molar-refractivity contribution in [3.63, 3.8) is 0 Å². The molecule has 0 unspecified atom stereocenters. The lowest BCUT2D eigenvalue weighted by molar-refractivity contribution is -0.296. The van der Waals surface area contributed by atoms with E-state index in [0.717, 1.165) is 31.9 Å². The summed E-state index contributed by atoms with van der Waals surface area (Å²) in [5.74, 6) is -5.25. The second-order valence-electron chi connectivity index (χ2n) is 19.2. The number of aliphatic hydroxyl groups is 1. The van der Waals surface area contributed by atoms with E-state index < -0.39 is 83.1 Å². The highest BCUT2D eigenvalue weighted by Crippen LogP contribution is 2.44. The maximum Gasteiger partial charge on any atom is 0.410 e. The number of methoxy groups -OCH3 is 1. The molecule has 1 saturated carbocycles. The van der Waals surface area contributed by atoms with E-state index in [4.69, 9.17) is 29.4 Å². The Hall–Kier alpha value is -4.03. The zero-order valence-corrected chi connectivity index (χ0v) is 38.6. The number of ketones is 2. The van der Waals surface area contributed by atoms with Crippen LogP contribution in [0, 0.1) is 23.7 Å². The number of esters is 1. The van der Waals surface area contributed by atoms with Gasteiger partial charge in [0.1, 0.15) is 23.7 Å². The van der Waals surface area contributed by atoms with Gasteiger partial charge < -0.3 is 44.3 Å². The fourth-order valence-corrected chi connectivity index (χ4v) is 10.3. The monoisotopic (exact) mass is 885 g/mol. The van der Waals surface area contributed by atoms with Gasteiger partial charge in [-0.25, -0.2) is 14.0 Å². The summed E-state index contributed by atoms with van der Waals surface area (Å²) in [5.41, 5.74) is 1.82. The van der Waals surface area contributed by atoms with Crippen LogP contribution in [0.15, 0.2) is 30.5 Å². The van der Waals surface area contributed by atoms with Gasteiger partial charge in [0, 0.05) is 61.8 Å². The number of likely N-dealkylation sites (N-methyl/N-ethyl adjacent to an activating group) is 1. The number of unbranched alkanes of at least 4 members (excludes halogenated alkanes) is 1. The number of ether oxygens (including phenoxy) is 5. The summed E-state index contributed by atoms with van der Waals surface area (Å²) in [5, 5.41) is 20.3. The number of amides is 1. The third-order valence-electron chi connectivity index (χ3n) is 14.1. The number of nitrogens with zero attached hydrogens (tertiary/aromatic N) is 5. The quantitative estimate of drug-likeness (QED) is 0.113. The van der Waals surface area contributed by atoms with Gasteiger partial charge >= 0.3 is 12.1 Å². The van der Waals surface area contributed by atoms with E-state index >= 15 is 4.39 Å². The lowest BCUT2D eigenvalue weighted by atomic mass is 9.73. The Morgan fingerprint density at radius 2 is 1.75 bits per heavy atom. The first kappa shape index (κ1) is 48.4. The summed E-state index contributed by atoms with van der Waals surface area (Å²) < 4.78 is 49.7. The van der Waals surface area contributed by atoms with Crippen molar-refractivity contribution in [2.75, 3.05) is 33.0 Å². The van der Waals surface area contributed by atoms with Crippen LogP contribution in [0.5, 0.6) is 0 Å². The smallest absolute Gasteiger partial charge is 0.410 e. The van der Waals surface area contributed by atoms with Crippen LogP contribution in [0.3, 0.4) is 0 Å². The van der Waals surface area contributed by atoms with Crippen molar-refractivity contribution in [3.8, 4) is 11.3 Å². The number of rotatable bonds is 13. The first-order chi connectivity index (χ1) is 29.6. The molecule has 1 aliphatic carbocycles. The number of hydrogen-bond acceptors (Lipinski definition) is 14. The molecule has 0 radical (unpaired) electrons. The van der Waals surface area contributed by atoms with Crippen molar-refractivity contribution < 1.29 is 52.4 Å². The Balaban J connectivity index is 1.27. The molecule has 4 fully saturated rings. The number of benzene rings is 1. The van der Waals surface area contributed by atoms with E-state index in [1.807, 2.05) is 38.4 Å². The van der Waals surface area contributed by atoms with Gasteiger partial charge in [0.05, 0.1) is 30.0 Å². The van der Waals surface area contributed by atoms with Gasteiger partial charge in [-0.1, -0.05) is 45.0 Å². The molecule has 63 heavy (non-hydrogen) atoms. The standard InChI is InChI=1S/C46H69FN6O10/c1-11-35-46(8)38(53(43(58)63-46)20-13-12-19-52-25-33(49-50-52)31-15-14-16-32(48)22-31)28(4)36(54)26(2)23-44(6,59-10)40(29(5)39(56)45(7,47)42(57)61-35)62-41-37(55)34(21-27(3)60-41)51(9)24-30-17-18-30/h14-16,22,25-30,34-35,37-38,40-41,55H,11-13,17-21,23-24,48H2,1-10H3/t26-,27-,28+,29+,34+,35-,37-,38-,40-,41+,44+,45+,46-/m1/s1. The Morgan fingerprint density at radius 3 is 2.40 bits per heavy atom. The number of hydrogen-bond donors (Lipinski definition) is 2. The minimum absolute atomic E-state index is 0.00327. The van der Waals surface area contributed by atoms with Gasteiger partial charge in [-0.3, -0.25) is 14.3 Å². The molecule has 1 aromatic carbocycles. The number of nitrogens with two attached hydrogens (primary N) is 1. The minimum atomic E-state index is -3.19. The van der Waals surface area contributed by atoms with E-state index in [0.29, 0.717) is 43.1 Å². The van der Waals surface area contributed by atoms with Crippen LogP contribution in [0.1, 0.15) is 100 Å². The molecule has 3 saturated heterocycles. The molecule has 3 aliphatic heterocycles. The molecule has 16 nitrogen and oxygen atoms in total. The van der Waals surface area contributed by atoms with Crippen molar-refractivity contribution in [1.82, 2.24) is 24.8 Å². The average molecular weight is 885 g/mol. The zero-order valence-electron chi connectivity index (χ0n) is 38.6. The van der Waals surface area contributed by atoms with Gasteiger partial charge in [0.25, 0.3) is 5.67 Å². The zero-order chi connectivity index (χ0) is 46.2. The number of aromatic nitrogens is 3.